The molecule has 30 heavy (non-hydrogen) atoms. The number of hydrogen-bond acceptors (Lipinski definition) is 4. The second-order valence-electron chi connectivity index (χ2n) is 7.97. The van der Waals surface area contributed by atoms with Crippen LogP contribution in [0, 0.1) is 19.8 Å². The van der Waals surface area contributed by atoms with E-state index in [2.05, 4.69) is 14.8 Å². The summed E-state index contributed by atoms with van der Waals surface area (Å²) in [5.74, 6) is 0.461. The van der Waals surface area contributed by atoms with E-state index in [1.807, 2.05) is 44.2 Å². The number of carbonyl (C=O) groups excluding carboxylic acids is 2. The Morgan fingerprint density at radius 2 is 2.07 bits per heavy atom. The maximum Gasteiger partial charge on any atom is 0.253 e. The minimum Gasteiger partial charge on any atom is -0.497 e. The third-order valence-corrected chi connectivity index (χ3v) is 5.83. The van der Waals surface area contributed by atoms with Crippen molar-refractivity contribution in [1.82, 2.24) is 14.8 Å². The first-order valence-electron chi connectivity index (χ1n) is 10.5. The molecule has 1 fully saturated rings. The molecule has 0 aliphatic carbocycles. The molecule has 1 atom stereocenters. The van der Waals surface area contributed by atoms with Crippen LogP contribution in [-0.2, 0) is 4.79 Å². The summed E-state index contributed by atoms with van der Waals surface area (Å²) in [6.07, 6.45) is 2.72. The Morgan fingerprint density at radius 3 is 2.80 bits per heavy atom. The standard InChI is InChI=1S/C23H32N4O3/c1-16-13-21(17(2)27(16)19-8-4-9-20(14-19)30-3)23(29)25-10-6-12-26-11-5-7-18(15-26)22(24)28/h4,8-9,13-14,18H,5-7,10-12,15H2,1-3H3,(H2,24,28)(H,25,29). The zero-order chi connectivity index (χ0) is 21.7. The molecule has 7 heteroatoms. The van der Waals surface area contributed by atoms with Crippen molar-refractivity contribution in [3.05, 3.63) is 47.3 Å². The molecule has 0 radical (unpaired) electrons. The zero-order valence-corrected chi connectivity index (χ0v) is 18.1. The summed E-state index contributed by atoms with van der Waals surface area (Å²) in [6, 6.07) is 9.73. The van der Waals surface area contributed by atoms with Crippen molar-refractivity contribution in [3.63, 3.8) is 0 Å². The van der Waals surface area contributed by atoms with E-state index in [1.54, 1.807) is 7.11 Å². The van der Waals surface area contributed by atoms with Crippen molar-refractivity contribution in [1.29, 1.82) is 0 Å². The van der Waals surface area contributed by atoms with Gasteiger partial charge in [0.05, 0.1) is 18.6 Å². The van der Waals surface area contributed by atoms with E-state index in [1.165, 1.54) is 0 Å². The summed E-state index contributed by atoms with van der Waals surface area (Å²) < 4.78 is 7.39. The Bertz CT molecular complexity index is 906. The molecule has 2 heterocycles. The molecule has 0 saturated carbocycles. The molecule has 7 nitrogen and oxygen atoms in total. The molecule has 1 unspecified atom stereocenters. The van der Waals surface area contributed by atoms with Crippen LogP contribution in [0.2, 0.25) is 0 Å². The SMILES string of the molecule is COc1cccc(-n2c(C)cc(C(=O)NCCCN3CCCC(C(N)=O)C3)c2C)c1. The molecule has 1 aromatic carbocycles. The third-order valence-electron chi connectivity index (χ3n) is 5.83. The van der Waals surface area contributed by atoms with Crippen LogP contribution in [0.1, 0.15) is 41.0 Å². The summed E-state index contributed by atoms with van der Waals surface area (Å²) in [4.78, 5) is 26.4. The molecule has 1 aliphatic heterocycles. The van der Waals surface area contributed by atoms with Crippen molar-refractivity contribution < 1.29 is 14.3 Å². The van der Waals surface area contributed by atoms with Crippen LogP contribution in [0.25, 0.3) is 5.69 Å². The quantitative estimate of drug-likeness (QED) is 0.652. The smallest absolute Gasteiger partial charge is 0.253 e. The summed E-state index contributed by atoms with van der Waals surface area (Å²) in [5.41, 5.74) is 8.99. The topological polar surface area (TPSA) is 89.6 Å². The molecular formula is C23H32N4O3. The molecule has 2 aromatic rings. The van der Waals surface area contributed by atoms with Crippen molar-refractivity contribution in [3.8, 4) is 11.4 Å². The monoisotopic (exact) mass is 412 g/mol. The van der Waals surface area contributed by atoms with Gasteiger partial charge in [0.15, 0.2) is 0 Å². The normalized spacial score (nSPS) is 17.0. The highest BCUT2D eigenvalue weighted by molar-refractivity contribution is 5.95. The lowest BCUT2D eigenvalue weighted by molar-refractivity contribution is -0.123. The van der Waals surface area contributed by atoms with Crippen LogP contribution in [-0.4, -0.2) is 54.6 Å². The molecular weight excluding hydrogens is 380 g/mol. The summed E-state index contributed by atoms with van der Waals surface area (Å²) in [5, 5.41) is 3.03. The Labute approximate surface area is 178 Å². The van der Waals surface area contributed by atoms with Crippen LogP contribution in [0.15, 0.2) is 30.3 Å². The number of nitrogens with one attached hydrogen (secondary N) is 1. The average Bonchev–Trinajstić information content (AvgIpc) is 3.05. The Balaban J connectivity index is 1.56. The van der Waals surface area contributed by atoms with E-state index < -0.39 is 0 Å². The number of nitrogens with two attached hydrogens (primary N) is 1. The van der Waals surface area contributed by atoms with E-state index in [0.29, 0.717) is 12.1 Å². The van der Waals surface area contributed by atoms with Gasteiger partial charge in [0.2, 0.25) is 5.91 Å². The van der Waals surface area contributed by atoms with Gasteiger partial charge < -0.3 is 25.3 Å². The predicted molar refractivity (Wildman–Crippen MR) is 117 cm³/mol. The van der Waals surface area contributed by atoms with Gasteiger partial charge in [-0.3, -0.25) is 9.59 Å². The van der Waals surface area contributed by atoms with E-state index in [0.717, 1.165) is 61.7 Å². The van der Waals surface area contributed by atoms with E-state index in [4.69, 9.17) is 10.5 Å². The van der Waals surface area contributed by atoms with Crippen LogP contribution < -0.4 is 15.8 Å². The van der Waals surface area contributed by atoms with Gasteiger partial charge in [0, 0.05) is 36.2 Å². The number of primary amides is 1. The molecule has 3 rings (SSSR count). The largest absolute Gasteiger partial charge is 0.497 e. The van der Waals surface area contributed by atoms with Gasteiger partial charge in [-0.05, 0) is 64.4 Å². The Hall–Kier alpha value is -2.80. The minimum atomic E-state index is -0.209. The highest BCUT2D eigenvalue weighted by Crippen LogP contribution is 2.23. The first kappa shape index (κ1) is 21.9. The molecule has 0 spiro atoms. The van der Waals surface area contributed by atoms with Gasteiger partial charge in [-0.15, -0.1) is 0 Å². The van der Waals surface area contributed by atoms with Crippen molar-refractivity contribution in [2.75, 3.05) is 33.3 Å². The summed E-state index contributed by atoms with van der Waals surface area (Å²) in [6.45, 7) is 7.12. The molecule has 1 saturated heterocycles. The van der Waals surface area contributed by atoms with Crippen molar-refractivity contribution in [2.45, 2.75) is 33.1 Å². The fourth-order valence-corrected chi connectivity index (χ4v) is 4.23. The first-order chi connectivity index (χ1) is 14.4. The minimum absolute atomic E-state index is 0.0460. The predicted octanol–water partition coefficient (Wildman–Crippen LogP) is 2.42. The molecule has 1 aliphatic rings. The maximum atomic E-state index is 12.8. The van der Waals surface area contributed by atoms with Gasteiger partial charge in [-0.1, -0.05) is 6.07 Å². The number of aromatic nitrogens is 1. The second-order valence-corrected chi connectivity index (χ2v) is 7.97. The molecule has 2 amide bonds. The lowest BCUT2D eigenvalue weighted by Gasteiger charge is -2.31. The van der Waals surface area contributed by atoms with Crippen molar-refractivity contribution >= 4 is 11.8 Å². The number of piperidine rings is 1. The number of hydrogen-bond donors (Lipinski definition) is 2. The first-order valence-corrected chi connectivity index (χ1v) is 10.5. The third kappa shape index (κ3) is 5.02. The van der Waals surface area contributed by atoms with Crippen LogP contribution >= 0.6 is 0 Å². The number of rotatable bonds is 8. The highest BCUT2D eigenvalue weighted by Gasteiger charge is 2.23. The Morgan fingerprint density at radius 1 is 1.27 bits per heavy atom. The van der Waals surface area contributed by atoms with Gasteiger partial charge in [-0.25, -0.2) is 0 Å². The molecule has 0 bridgehead atoms. The fraction of sp³-hybridized carbons (Fsp3) is 0.478. The van der Waals surface area contributed by atoms with E-state index in [-0.39, 0.29) is 17.7 Å². The van der Waals surface area contributed by atoms with E-state index >= 15 is 0 Å². The van der Waals surface area contributed by atoms with Gasteiger partial charge >= 0.3 is 0 Å². The number of amides is 2. The number of benzene rings is 1. The molecule has 3 N–H and O–H groups in total. The summed E-state index contributed by atoms with van der Waals surface area (Å²) in [7, 11) is 1.64. The lowest BCUT2D eigenvalue weighted by Crippen LogP contribution is -2.42. The molecule has 1 aromatic heterocycles. The van der Waals surface area contributed by atoms with Gasteiger partial charge in [0.25, 0.3) is 5.91 Å². The highest BCUT2D eigenvalue weighted by atomic mass is 16.5. The van der Waals surface area contributed by atoms with Gasteiger partial charge in [0.1, 0.15) is 5.75 Å². The van der Waals surface area contributed by atoms with Crippen LogP contribution in [0.3, 0.4) is 0 Å². The molecule has 162 valence electrons. The van der Waals surface area contributed by atoms with Crippen LogP contribution in [0.5, 0.6) is 5.75 Å². The number of likely N-dealkylation sites (tertiary alicyclic amines) is 1. The van der Waals surface area contributed by atoms with Gasteiger partial charge in [-0.2, -0.15) is 0 Å². The number of methoxy groups -OCH3 is 1. The maximum absolute atomic E-state index is 12.8. The number of aryl methyl sites for hydroxylation is 1. The Kier molecular flexibility index (Phi) is 7.15. The fourth-order valence-electron chi connectivity index (χ4n) is 4.23. The average molecular weight is 413 g/mol. The van der Waals surface area contributed by atoms with E-state index in [9.17, 15) is 9.59 Å². The summed E-state index contributed by atoms with van der Waals surface area (Å²) >= 11 is 0. The van der Waals surface area contributed by atoms with Crippen LogP contribution in [0.4, 0.5) is 0 Å². The zero-order valence-electron chi connectivity index (χ0n) is 18.1. The number of carbonyl (C=O) groups is 2. The lowest BCUT2D eigenvalue weighted by atomic mass is 9.97. The van der Waals surface area contributed by atoms with Crippen molar-refractivity contribution in [2.24, 2.45) is 11.7 Å². The second kappa shape index (κ2) is 9.80. The number of nitrogens with zero attached hydrogens (tertiary/aromatic N) is 2. The number of ether oxygens (including phenoxy) is 1.